The normalized spacial score (nSPS) is 23.9. The quantitative estimate of drug-likeness (QED) is 0.803. The van der Waals surface area contributed by atoms with Gasteiger partial charge in [-0.1, -0.05) is 31.3 Å². The lowest BCUT2D eigenvalue weighted by atomic mass is 9.98. The Labute approximate surface area is 130 Å². The molecule has 1 aromatic carbocycles. The van der Waals surface area contributed by atoms with Gasteiger partial charge >= 0.3 is 0 Å². The third kappa shape index (κ3) is 3.79. The van der Waals surface area contributed by atoms with Crippen LogP contribution in [-0.4, -0.2) is 42.0 Å². The van der Waals surface area contributed by atoms with Gasteiger partial charge in [0.15, 0.2) is 0 Å². The number of aliphatic hydroxyl groups excluding tert-OH is 1. The van der Waals surface area contributed by atoms with E-state index < -0.39 is 16.1 Å². The fourth-order valence-corrected chi connectivity index (χ4v) is 4.01. The van der Waals surface area contributed by atoms with Crippen molar-refractivity contribution in [1.29, 1.82) is 0 Å². The number of nitrogens with zero attached hydrogens (tertiary/aromatic N) is 1. The van der Waals surface area contributed by atoms with Gasteiger partial charge in [0.05, 0.1) is 16.0 Å². The molecule has 0 radical (unpaired) electrons. The van der Waals surface area contributed by atoms with E-state index in [1.807, 2.05) is 6.92 Å². The van der Waals surface area contributed by atoms with E-state index >= 15 is 0 Å². The summed E-state index contributed by atoms with van der Waals surface area (Å²) in [6, 6.07) is 6.56. The second-order valence-electron chi connectivity index (χ2n) is 5.48. The zero-order valence-electron chi connectivity index (χ0n) is 11.9. The van der Waals surface area contributed by atoms with Crippen molar-refractivity contribution in [3.63, 3.8) is 0 Å². The van der Waals surface area contributed by atoms with Crippen molar-refractivity contribution in [1.82, 2.24) is 4.31 Å². The molecule has 1 aliphatic rings. The van der Waals surface area contributed by atoms with Gasteiger partial charge in [-0.05, 0) is 30.0 Å². The van der Waals surface area contributed by atoms with E-state index in [0.29, 0.717) is 24.4 Å². The smallest absolute Gasteiger partial charge is 0.243 e. The summed E-state index contributed by atoms with van der Waals surface area (Å²) >= 11 is 4.83. The maximum Gasteiger partial charge on any atom is 0.243 e. The molecule has 1 heterocycles. The highest BCUT2D eigenvalue weighted by Gasteiger charge is 2.32. The minimum Gasteiger partial charge on any atom is -0.393 e. The molecule has 2 rings (SSSR count). The lowest BCUT2D eigenvalue weighted by Gasteiger charge is -2.33. The number of β-amino-alcohol motifs (C(OH)–C–C–N with tert-alkyl or cyclic N) is 1. The Hall–Kier alpha value is -1.02. The zero-order chi connectivity index (χ0) is 15.6. The zero-order valence-corrected chi connectivity index (χ0v) is 13.5. The molecule has 1 fully saturated rings. The van der Waals surface area contributed by atoms with E-state index in [1.54, 1.807) is 24.3 Å². The highest BCUT2D eigenvalue weighted by Crippen LogP contribution is 2.24. The molecule has 0 aromatic heterocycles. The predicted molar refractivity (Wildman–Crippen MR) is 85.5 cm³/mol. The Kier molecular flexibility index (Phi) is 4.98. The van der Waals surface area contributed by atoms with Crippen LogP contribution < -0.4 is 5.73 Å². The van der Waals surface area contributed by atoms with Crippen molar-refractivity contribution >= 4 is 27.2 Å². The van der Waals surface area contributed by atoms with Gasteiger partial charge in [-0.25, -0.2) is 8.42 Å². The minimum absolute atomic E-state index is 0.129. The molecule has 21 heavy (non-hydrogen) atoms. The van der Waals surface area contributed by atoms with Crippen LogP contribution in [0.15, 0.2) is 29.2 Å². The van der Waals surface area contributed by atoms with Crippen LogP contribution in [0.2, 0.25) is 0 Å². The third-order valence-electron chi connectivity index (χ3n) is 3.82. The topological polar surface area (TPSA) is 83.6 Å². The maximum atomic E-state index is 12.5. The first-order valence-corrected chi connectivity index (χ1v) is 8.71. The summed E-state index contributed by atoms with van der Waals surface area (Å²) in [6.45, 7) is 2.52. The average Bonchev–Trinajstić information content (AvgIpc) is 2.41. The molecule has 1 aliphatic heterocycles. The van der Waals surface area contributed by atoms with E-state index in [9.17, 15) is 13.5 Å². The molecule has 2 atom stereocenters. The van der Waals surface area contributed by atoms with Crippen LogP contribution in [0.5, 0.6) is 0 Å². The number of sulfonamides is 1. The number of benzene rings is 1. The average molecular weight is 328 g/mol. The highest BCUT2D eigenvalue weighted by molar-refractivity contribution is 7.89. The molecule has 5 nitrogen and oxygen atoms in total. The molecule has 7 heteroatoms. The Morgan fingerprint density at radius 2 is 2.05 bits per heavy atom. The summed E-state index contributed by atoms with van der Waals surface area (Å²) in [5, 5.41) is 9.87. The van der Waals surface area contributed by atoms with E-state index in [2.05, 4.69) is 0 Å². The Bertz CT molecular complexity index is 614. The summed E-state index contributed by atoms with van der Waals surface area (Å²) in [7, 11) is -3.55. The number of thiocarbonyl (C=S) groups is 1. The molecule has 0 bridgehead atoms. The molecule has 1 aromatic rings. The number of piperidine rings is 1. The fraction of sp³-hybridized carbons (Fsp3) is 0.500. The molecule has 2 unspecified atom stereocenters. The number of rotatable bonds is 4. The monoisotopic (exact) mass is 328 g/mol. The van der Waals surface area contributed by atoms with E-state index in [0.717, 1.165) is 5.56 Å². The van der Waals surface area contributed by atoms with Crippen LogP contribution in [0.3, 0.4) is 0 Å². The van der Waals surface area contributed by atoms with Gasteiger partial charge in [-0.2, -0.15) is 4.31 Å². The summed E-state index contributed by atoms with van der Waals surface area (Å²) in [5.74, 6) is 0.129. The Balaban J connectivity index is 2.18. The van der Waals surface area contributed by atoms with Gasteiger partial charge in [0, 0.05) is 19.5 Å². The van der Waals surface area contributed by atoms with Crippen molar-refractivity contribution in [3.05, 3.63) is 29.8 Å². The lowest BCUT2D eigenvalue weighted by molar-refractivity contribution is 0.0605. The number of aliphatic hydroxyl groups is 1. The van der Waals surface area contributed by atoms with Crippen molar-refractivity contribution < 1.29 is 13.5 Å². The first-order chi connectivity index (χ1) is 9.80. The maximum absolute atomic E-state index is 12.5. The molecule has 0 spiro atoms. The number of hydrogen-bond acceptors (Lipinski definition) is 4. The lowest BCUT2D eigenvalue weighted by Crippen LogP contribution is -2.45. The first kappa shape index (κ1) is 16.4. The minimum atomic E-state index is -3.55. The highest BCUT2D eigenvalue weighted by atomic mass is 32.2. The molecule has 0 aliphatic carbocycles. The molecular formula is C14H20N2O3S2. The van der Waals surface area contributed by atoms with Gasteiger partial charge in [-0.3, -0.25) is 0 Å². The predicted octanol–water partition coefficient (Wildman–Crippen LogP) is 0.907. The first-order valence-electron chi connectivity index (χ1n) is 6.86. The second kappa shape index (κ2) is 6.39. The van der Waals surface area contributed by atoms with E-state index in [1.165, 1.54) is 4.31 Å². The van der Waals surface area contributed by atoms with Gasteiger partial charge in [0.2, 0.25) is 10.0 Å². The van der Waals surface area contributed by atoms with E-state index in [-0.39, 0.29) is 17.4 Å². The van der Waals surface area contributed by atoms with Crippen LogP contribution in [0, 0.1) is 5.92 Å². The third-order valence-corrected chi connectivity index (χ3v) is 5.84. The van der Waals surface area contributed by atoms with Crippen molar-refractivity contribution in [2.24, 2.45) is 11.7 Å². The van der Waals surface area contributed by atoms with Crippen molar-refractivity contribution in [2.45, 2.75) is 30.8 Å². The Morgan fingerprint density at radius 1 is 1.43 bits per heavy atom. The van der Waals surface area contributed by atoms with Crippen LogP contribution >= 0.6 is 12.2 Å². The molecule has 0 amide bonds. The van der Waals surface area contributed by atoms with Crippen LogP contribution in [0.25, 0.3) is 0 Å². The number of hydrogen-bond donors (Lipinski definition) is 2. The standard InChI is InChI=1S/C14H20N2O3S2/c1-10-6-7-16(9-13(10)17)21(18,19)12-4-2-11(3-5-12)8-14(15)20/h2-5,10,13,17H,6-9H2,1H3,(H2,15,20). The van der Waals surface area contributed by atoms with Gasteiger partial charge in [0.25, 0.3) is 0 Å². The summed E-state index contributed by atoms with van der Waals surface area (Å²) in [6.07, 6.45) is 0.512. The van der Waals surface area contributed by atoms with Crippen molar-refractivity contribution in [2.75, 3.05) is 13.1 Å². The van der Waals surface area contributed by atoms with Crippen LogP contribution in [0.1, 0.15) is 18.9 Å². The molecular weight excluding hydrogens is 308 g/mol. The van der Waals surface area contributed by atoms with Gasteiger partial charge in [-0.15, -0.1) is 0 Å². The van der Waals surface area contributed by atoms with Crippen molar-refractivity contribution in [3.8, 4) is 0 Å². The van der Waals surface area contributed by atoms with Gasteiger partial charge < -0.3 is 10.8 Å². The molecule has 1 saturated heterocycles. The fourth-order valence-electron chi connectivity index (χ4n) is 2.37. The molecule has 3 N–H and O–H groups in total. The summed E-state index contributed by atoms with van der Waals surface area (Å²) < 4.78 is 26.4. The summed E-state index contributed by atoms with van der Waals surface area (Å²) in [5.41, 5.74) is 6.35. The summed E-state index contributed by atoms with van der Waals surface area (Å²) in [4.78, 5) is 0.606. The SMILES string of the molecule is CC1CCN(S(=O)(=O)c2ccc(CC(N)=S)cc2)CC1O. The second-order valence-corrected chi connectivity index (χ2v) is 7.95. The molecule has 116 valence electrons. The van der Waals surface area contributed by atoms with Crippen LogP contribution in [-0.2, 0) is 16.4 Å². The number of nitrogens with two attached hydrogens (primary N) is 1. The largest absolute Gasteiger partial charge is 0.393 e. The van der Waals surface area contributed by atoms with Crippen LogP contribution in [0.4, 0.5) is 0 Å². The Morgan fingerprint density at radius 3 is 2.57 bits per heavy atom. The van der Waals surface area contributed by atoms with E-state index in [4.69, 9.17) is 18.0 Å². The molecule has 0 saturated carbocycles. The van der Waals surface area contributed by atoms with Gasteiger partial charge in [0.1, 0.15) is 0 Å².